The summed E-state index contributed by atoms with van der Waals surface area (Å²) in [7, 11) is 1.80. The highest BCUT2D eigenvalue weighted by Gasteiger charge is 2.19. The van der Waals surface area contributed by atoms with Gasteiger partial charge in [0.25, 0.3) is 0 Å². The molecular weight excluding hydrogens is 258 g/mol. The maximum absolute atomic E-state index is 5.48. The number of hydrogen-bond donors (Lipinski definition) is 0. The van der Waals surface area contributed by atoms with Gasteiger partial charge in [-0.2, -0.15) is 0 Å². The molecule has 15 heavy (non-hydrogen) atoms. The molecule has 0 atom stereocenters. The summed E-state index contributed by atoms with van der Waals surface area (Å²) in [6, 6.07) is 3.96. The third-order valence-electron chi connectivity index (χ3n) is 2.88. The van der Waals surface area contributed by atoms with Crippen LogP contribution in [0.25, 0.3) is 0 Å². The van der Waals surface area contributed by atoms with Gasteiger partial charge >= 0.3 is 0 Å². The summed E-state index contributed by atoms with van der Waals surface area (Å²) in [4.78, 5) is 2.40. The summed E-state index contributed by atoms with van der Waals surface area (Å²) >= 11 is 3.31. The van der Waals surface area contributed by atoms with Crippen molar-refractivity contribution < 1.29 is 9.15 Å². The van der Waals surface area contributed by atoms with Gasteiger partial charge in [-0.05, 0) is 40.9 Å². The van der Waals surface area contributed by atoms with Crippen LogP contribution in [0.1, 0.15) is 18.6 Å². The van der Waals surface area contributed by atoms with Gasteiger partial charge in [-0.3, -0.25) is 4.90 Å². The van der Waals surface area contributed by atoms with E-state index in [0.717, 1.165) is 42.9 Å². The first kappa shape index (κ1) is 11.2. The SMILES string of the molecule is COC1CCN(Cc2ccc(Br)o2)CC1. The zero-order valence-electron chi connectivity index (χ0n) is 8.91. The molecule has 0 radical (unpaired) electrons. The molecule has 0 saturated carbocycles. The van der Waals surface area contributed by atoms with Crippen LogP contribution in [0.2, 0.25) is 0 Å². The van der Waals surface area contributed by atoms with Crippen molar-refractivity contribution in [1.29, 1.82) is 0 Å². The molecule has 0 N–H and O–H groups in total. The van der Waals surface area contributed by atoms with E-state index in [9.17, 15) is 0 Å². The molecule has 0 spiro atoms. The van der Waals surface area contributed by atoms with Gasteiger partial charge in [-0.15, -0.1) is 0 Å². The minimum atomic E-state index is 0.449. The van der Waals surface area contributed by atoms with Crippen LogP contribution in [0.3, 0.4) is 0 Å². The van der Waals surface area contributed by atoms with Crippen molar-refractivity contribution in [3.05, 3.63) is 22.6 Å². The van der Waals surface area contributed by atoms with Crippen LogP contribution in [-0.2, 0) is 11.3 Å². The van der Waals surface area contributed by atoms with E-state index < -0.39 is 0 Å². The van der Waals surface area contributed by atoms with Crippen molar-refractivity contribution in [1.82, 2.24) is 4.90 Å². The van der Waals surface area contributed by atoms with Crippen LogP contribution in [0.15, 0.2) is 21.2 Å². The summed E-state index contributed by atoms with van der Waals surface area (Å²) < 4.78 is 11.6. The predicted octanol–water partition coefficient (Wildman–Crippen LogP) is 2.65. The maximum Gasteiger partial charge on any atom is 0.169 e. The van der Waals surface area contributed by atoms with Crippen LogP contribution in [0.4, 0.5) is 0 Å². The molecule has 1 aliphatic rings. The van der Waals surface area contributed by atoms with E-state index in [1.165, 1.54) is 0 Å². The molecule has 3 nitrogen and oxygen atoms in total. The fourth-order valence-corrected chi connectivity index (χ4v) is 2.30. The molecule has 84 valence electrons. The number of methoxy groups -OCH3 is 1. The van der Waals surface area contributed by atoms with Crippen LogP contribution < -0.4 is 0 Å². The zero-order valence-corrected chi connectivity index (χ0v) is 10.5. The highest BCUT2D eigenvalue weighted by Crippen LogP contribution is 2.19. The standard InChI is InChI=1S/C11H16BrNO2/c1-14-9-4-6-13(7-5-9)8-10-2-3-11(12)15-10/h2-3,9H,4-8H2,1H3. The fraction of sp³-hybridized carbons (Fsp3) is 0.636. The summed E-state index contributed by atoms with van der Waals surface area (Å²) in [5, 5.41) is 0. The summed E-state index contributed by atoms with van der Waals surface area (Å²) in [5.74, 6) is 1.03. The van der Waals surface area contributed by atoms with E-state index in [1.807, 2.05) is 12.1 Å². The number of nitrogens with zero attached hydrogens (tertiary/aromatic N) is 1. The number of rotatable bonds is 3. The van der Waals surface area contributed by atoms with Crippen LogP contribution in [-0.4, -0.2) is 31.2 Å². The summed E-state index contributed by atoms with van der Waals surface area (Å²) in [6.07, 6.45) is 2.70. The number of likely N-dealkylation sites (tertiary alicyclic amines) is 1. The summed E-state index contributed by atoms with van der Waals surface area (Å²) in [6.45, 7) is 3.09. The van der Waals surface area contributed by atoms with E-state index in [4.69, 9.17) is 9.15 Å². The van der Waals surface area contributed by atoms with Gasteiger partial charge in [0.15, 0.2) is 4.67 Å². The van der Waals surface area contributed by atoms with E-state index >= 15 is 0 Å². The van der Waals surface area contributed by atoms with Gasteiger partial charge in [-0.1, -0.05) is 0 Å². The average molecular weight is 274 g/mol. The Balaban J connectivity index is 1.82. The second-order valence-corrected chi connectivity index (χ2v) is 4.70. The van der Waals surface area contributed by atoms with E-state index in [2.05, 4.69) is 20.8 Å². The second kappa shape index (κ2) is 5.14. The van der Waals surface area contributed by atoms with Gasteiger partial charge in [0.2, 0.25) is 0 Å². The first-order valence-electron chi connectivity index (χ1n) is 5.27. The minimum absolute atomic E-state index is 0.449. The second-order valence-electron chi connectivity index (χ2n) is 3.92. The lowest BCUT2D eigenvalue weighted by Crippen LogP contribution is -2.36. The third-order valence-corrected chi connectivity index (χ3v) is 3.30. The Hall–Kier alpha value is -0.320. The monoisotopic (exact) mass is 273 g/mol. The molecule has 0 bridgehead atoms. The quantitative estimate of drug-likeness (QED) is 0.847. The molecule has 0 unspecified atom stereocenters. The molecule has 2 rings (SSSR count). The van der Waals surface area contributed by atoms with Gasteiger partial charge in [0.1, 0.15) is 5.76 Å². The number of ether oxygens (including phenoxy) is 1. The van der Waals surface area contributed by atoms with Crippen molar-refractivity contribution in [3.8, 4) is 0 Å². The normalized spacial score (nSPS) is 19.6. The minimum Gasteiger partial charge on any atom is -0.453 e. The molecule has 0 aromatic carbocycles. The largest absolute Gasteiger partial charge is 0.453 e. The highest BCUT2D eigenvalue weighted by molar-refractivity contribution is 9.10. The molecule has 0 aliphatic carbocycles. The number of furan rings is 1. The van der Waals surface area contributed by atoms with Crippen molar-refractivity contribution in [2.24, 2.45) is 0 Å². The zero-order chi connectivity index (χ0) is 10.7. The predicted molar refractivity (Wildman–Crippen MR) is 61.7 cm³/mol. The van der Waals surface area contributed by atoms with Crippen molar-refractivity contribution in [2.75, 3.05) is 20.2 Å². The Morgan fingerprint density at radius 3 is 2.73 bits per heavy atom. The van der Waals surface area contributed by atoms with E-state index in [-0.39, 0.29) is 0 Å². The van der Waals surface area contributed by atoms with Gasteiger partial charge in [0, 0.05) is 20.2 Å². The van der Waals surface area contributed by atoms with Gasteiger partial charge in [0.05, 0.1) is 12.6 Å². The first-order chi connectivity index (χ1) is 7.28. The van der Waals surface area contributed by atoms with Crippen LogP contribution in [0, 0.1) is 0 Å². The Morgan fingerprint density at radius 1 is 1.47 bits per heavy atom. The van der Waals surface area contributed by atoms with Crippen molar-refractivity contribution in [2.45, 2.75) is 25.5 Å². The Labute approximate surface area is 98.5 Å². The van der Waals surface area contributed by atoms with Crippen LogP contribution >= 0.6 is 15.9 Å². The molecule has 2 heterocycles. The van der Waals surface area contributed by atoms with E-state index in [1.54, 1.807) is 7.11 Å². The molecule has 1 aliphatic heterocycles. The third kappa shape index (κ3) is 3.06. The highest BCUT2D eigenvalue weighted by atomic mass is 79.9. The molecule has 1 fully saturated rings. The smallest absolute Gasteiger partial charge is 0.169 e. The average Bonchev–Trinajstić information content (AvgIpc) is 2.65. The fourth-order valence-electron chi connectivity index (χ4n) is 1.96. The lowest BCUT2D eigenvalue weighted by atomic mass is 10.1. The lowest BCUT2D eigenvalue weighted by Gasteiger charge is -2.30. The van der Waals surface area contributed by atoms with Gasteiger partial charge < -0.3 is 9.15 Å². The van der Waals surface area contributed by atoms with Crippen molar-refractivity contribution in [3.63, 3.8) is 0 Å². The molecular formula is C11H16BrNO2. The molecule has 1 aromatic heterocycles. The number of hydrogen-bond acceptors (Lipinski definition) is 3. The first-order valence-corrected chi connectivity index (χ1v) is 6.06. The molecule has 4 heteroatoms. The van der Waals surface area contributed by atoms with E-state index in [0.29, 0.717) is 6.10 Å². The van der Waals surface area contributed by atoms with Gasteiger partial charge in [-0.25, -0.2) is 0 Å². The van der Waals surface area contributed by atoms with Crippen LogP contribution in [0.5, 0.6) is 0 Å². The Bertz CT molecular complexity index is 305. The maximum atomic E-state index is 5.48. The number of halogens is 1. The Morgan fingerprint density at radius 2 is 2.20 bits per heavy atom. The Kier molecular flexibility index (Phi) is 3.83. The molecule has 0 amide bonds. The number of piperidine rings is 1. The topological polar surface area (TPSA) is 25.6 Å². The molecule has 1 saturated heterocycles. The lowest BCUT2D eigenvalue weighted by molar-refractivity contribution is 0.0369. The summed E-state index contributed by atoms with van der Waals surface area (Å²) in [5.41, 5.74) is 0. The van der Waals surface area contributed by atoms with Crippen molar-refractivity contribution >= 4 is 15.9 Å². The molecule has 1 aromatic rings.